The molecule has 0 spiro atoms. The second-order valence-corrected chi connectivity index (χ2v) is 8.90. The van der Waals surface area contributed by atoms with Crippen LogP contribution >= 0.6 is 0 Å². The molecule has 34 heavy (non-hydrogen) atoms. The maximum absolute atomic E-state index is 12.8. The van der Waals surface area contributed by atoms with Gasteiger partial charge in [0.05, 0.1) is 6.04 Å². The summed E-state index contributed by atoms with van der Waals surface area (Å²) in [6.07, 6.45) is 2.08. The fourth-order valence-corrected chi connectivity index (χ4v) is 3.37. The molecule has 10 nitrogen and oxygen atoms in total. The van der Waals surface area contributed by atoms with Gasteiger partial charge in [-0.3, -0.25) is 14.4 Å². The molecule has 4 unspecified atom stereocenters. The normalized spacial score (nSPS) is 14.5. The molecule has 0 aliphatic heterocycles. The summed E-state index contributed by atoms with van der Waals surface area (Å²) in [6.45, 7) is 5.64. The molecule has 0 aliphatic carbocycles. The molecule has 8 N–H and O–H groups in total. The van der Waals surface area contributed by atoms with Gasteiger partial charge in [-0.25, -0.2) is 4.79 Å². The standard InChI is InChI=1S/C24H39N5O5/c1-15(2)13-20(24(33)34)29-23(32)19(11-7-8-12-25)28-21(30)16(3)27-22(31)18(26)14-17-9-5-4-6-10-17/h4-6,9-10,15-16,18-20H,7-8,11-14,25-26H2,1-3H3,(H,27,31)(H,28,30)(H,29,32)(H,33,34). The van der Waals surface area contributed by atoms with E-state index in [9.17, 15) is 24.3 Å². The van der Waals surface area contributed by atoms with E-state index in [0.29, 0.717) is 25.8 Å². The molecule has 0 saturated carbocycles. The number of amides is 3. The lowest BCUT2D eigenvalue weighted by molar-refractivity contribution is -0.142. The zero-order valence-electron chi connectivity index (χ0n) is 20.3. The smallest absolute Gasteiger partial charge is 0.326 e. The van der Waals surface area contributed by atoms with E-state index in [2.05, 4.69) is 16.0 Å². The minimum Gasteiger partial charge on any atom is -0.480 e. The highest BCUT2D eigenvalue weighted by Gasteiger charge is 2.29. The number of unbranched alkanes of at least 4 members (excludes halogenated alkanes) is 1. The minimum atomic E-state index is -1.14. The maximum Gasteiger partial charge on any atom is 0.326 e. The van der Waals surface area contributed by atoms with Crippen LogP contribution in [0.5, 0.6) is 0 Å². The van der Waals surface area contributed by atoms with Crippen molar-refractivity contribution in [2.75, 3.05) is 6.54 Å². The van der Waals surface area contributed by atoms with Crippen LogP contribution in [0.15, 0.2) is 30.3 Å². The summed E-state index contributed by atoms with van der Waals surface area (Å²) in [4.78, 5) is 49.5. The Kier molecular flexibility index (Phi) is 12.8. The van der Waals surface area contributed by atoms with Gasteiger partial charge in [0, 0.05) is 0 Å². The highest BCUT2D eigenvalue weighted by molar-refractivity contribution is 5.93. The highest BCUT2D eigenvalue weighted by atomic mass is 16.4. The SMILES string of the molecule is CC(C)CC(NC(=O)C(CCCCN)NC(=O)C(C)NC(=O)C(N)Cc1ccccc1)C(=O)O. The first kappa shape index (κ1) is 29.1. The van der Waals surface area contributed by atoms with Crippen molar-refractivity contribution in [3.63, 3.8) is 0 Å². The Morgan fingerprint density at radius 3 is 2.06 bits per heavy atom. The summed E-state index contributed by atoms with van der Waals surface area (Å²) in [5, 5.41) is 17.1. The number of carbonyl (C=O) groups is 4. The van der Waals surface area contributed by atoms with Crippen molar-refractivity contribution < 1.29 is 24.3 Å². The van der Waals surface area contributed by atoms with Crippen molar-refractivity contribution in [1.29, 1.82) is 0 Å². The van der Waals surface area contributed by atoms with Crippen LogP contribution in [0.1, 0.15) is 52.0 Å². The van der Waals surface area contributed by atoms with Crippen molar-refractivity contribution in [2.24, 2.45) is 17.4 Å². The van der Waals surface area contributed by atoms with E-state index in [1.807, 2.05) is 44.2 Å². The minimum absolute atomic E-state index is 0.0574. The number of carbonyl (C=O) groups excluding carboxylic acids is 3. The Hall–Kier alpha value is -2.98. The molecular weight excluding hydrogens is 438 g/mol. The first-order valence-corrected chi connectivity index (χ1v) is 11.7. The summed E-state index contributed by atoms with van der Waals surface area (Å²) < 4.78 is 0. The number of nitrogens with one attached hydrogen (secondary N) is 3. The molecular formula is C24H39N5O5. The number of benzene rings is 1. The topological polar surface area (TPSA) is 177 Å². The Bertz CT molecular complexity index is 802. The molecule has 0 bridgehead atoms. The lowest BCUT2D eigenvalue weighted by Gasteiger charge is -2.24. The summed E-state index contributed by atoms with van der Waals surface area (Å²) >= 11 is 0. The van der Waals surface area contributed by atoms with E-state index in [1.165, 1.54) is 6.92 Å². The Morgan fingerprint density at radius 1 is 0.882 bits per heavy atom. The van der Waals surface area contributed by atoms with Crippen molar-refractivity contribution in [1.82, 2.24) is 16.0 Å². The first-order chi connectivity index (χ1) is 16.0. The van der Waals surface area contributed by atoms with E-state index in [0.717, 1.165) is 5.56 Å². The zero-order chi connectivity index (χ0) is 25.7. The molecule has 1 aromatic carbocycles. The van der Waals surface area contributed by atoms with Gasteiger partial charge in [-0.2, -0.15) is 0 Å². The van der Waals surface area contributed by atoms with Crippen molar-refractivity contribution in [2.45, 2.75) is 77.0 Å². The fourth-order valence-electron chi connectivity index (χ4n) is 3.37. The van der Waals surface area contributed by atoms with Crippen LogP contribution in [0, 0.1) is 5.92 Å². The van der Waals surface area contributed by atoms with Gasteiger partial charge in [0.15, 0.2) is 0 Å². The third kappa shape index (κ3) is 10.8. The van der Waals surface area contributed by atoms with Gasteiger partial charge < -0.3 is 32.5 Å². The average Bonchev–Trinajstić information content (AvgIpc) is 2.78. The fraction of sp³-hybridized carbons (Fsp3) is 0.583. The van der Waals surface area contributed by atoms with Gasteiger partial charge >= 0.3 is 5.97 Å². The highest BCUT2D eigenvalue weighted by Crippen LogP contribution is 2.08. The van der Waals surface area contributed by atoms with Crippen molar-refractivity contribution >= 4 is 23.7 Å². The number of hydrogen-bond donors (Lipinski definition) is 6. The summed E-state index contributed by atoms with van der Waals surface area (Å²) in [6, 6.07) is 5.49. The second kappa shape index (κ2) is 15.0. The first-order valence-electron chi connectivity index (χ1n) is 11.7. The molecule has 0 aromatic heterocycles. The number of carboxylic acid groups (broad SMARTS) is 1. The van der Waals surface area contributed by atoms with E-state index in [-0.39, 0.29) is 18.8 Å². The van der Waals surface area contributed by atoms with Crippen LogP contribution in [-0.2, 0) is 25.6 Å². The van der Waals surface area contributed by atoms with Crippen LogP contribution in [0.2, 0.25) is 0 Å². The lowest BCUT2D eigenvalue weighted by atomic mass is 10.0. The zero-order valence-corrected chi connectivity index (χ0v) is 20.3. The molecule has 0 heterocycles. The van der Waals surface area contributed by atoms with Crippen LogP contribution in [-0.4, -0.2) is 59.5 Å². The van der Waals surface area contributed by atoms with Crippen molar-refractivity contribution in [3.05, 3.63) is 35.9 Å². The number of aliphatic carboxylic acids is 1. The number of rotatable bonds is 15. The molecule has 0 fully saturated rings. The molecule has 1 aromatic rings. The van der Waals surface area contributed by atoms with E-state index >= 15 is 0 Å². The Balaban J connectivity index is 2.75. The van der Waals surface area contributed by atoms with E-state index in [4.69, 9.17) is 11.5 Å². The number of carboxylic acids is 1. The summed E-state index contributed by atoms with van der Waals surface area (Å²) in [5.41, 5.74) is 12.4. The number of nitrogens with two attached hydrogens (primary N) is 2. The Morgan fingerprint density at radius 2 is 1.50 bits per heavy atom. The molecule has 10 heteroatoms. The summed E-state index contributed by atoms with van der Waals surface area (Å²) in [7, 11) is 0. The van der Waals surface area contributed by atoms with Gasteiger partial charge in [-0.15, -0.1) is 0 Å². The van der Waals surface area contributed by atoms with Crippen LogP contribution in [0.3, 0.4) is 0 Å². The van der Waals surface area contributed by atoms with Gasteiger partial charge in [0.1, 0.15) is 18.1 Å². The summed E-state index contributed by atoms with van der Waals surface area (Å²) in [5.74, 6) is -2.72. The van der Waals surface area contributed by atoms with Crippen LogP contribution in [0.4, 0.5) is 0 Å². The lowest BCUT2D eigenvalue weighted by Crippen LogP contribution is -2.56. The predicted octanol–water partition coefficient (Wildman–Crippen LogP) is 0.290. The molecule has 0 radical (unpaired) electrons. The van der Waals surface area contributed by atoms with Crippen LogP contribution in [0.25, 0.3) is 0 Å². The van der Waals surface area contributed by atoms with Crippen molar-refractivity contribution in [3.8, 4) is 0 Å². The largest absolute Gasteiger partial charge is 0.480 e. The third-order valence-electron chi connectivity index (χ3n) is 5.29. The maximum atomic E-state index is 12.8. The Labute approximate surface area is 201 Å². The van der Waals surface area contributed by atoms with E-state index in [1.54, 1.807) is 0 Å². The molecule has 3 amide bonds. The van der Waals surface area contributed by atoms with Gasteiger partial charge in [-0.05, 0) is 57.1 Å². The molecule has 4 atom stereocenters. The molecule has 0 aliphatic rings. The predicted molar refractivity (Wildman–Crippen MR) is 130 cm³/mol. The average molecular weight is 478 g/mol. The van der Waals surface area contributed by atoms with Crippen LogP contribution < -0.4 is 27.4 Å². The van der Waals surface area contributed by atoms with Gasteiger partial charge in [0.25, 0.3) is 0 Å². The molecule has 190 valence electrons. The third-order valence-corrected chi connectivity index (χ3v) is 5.29. The molecule has 0 saturated heterocycles. The van der Waals surface area contributed by atoms with Gasteiger partial charge in [0.2, 0.25) is 17.7 Å². The van der Waals surface area contributed by atoms with Gasteiger partial charge in [-0.1, -0.05) is 44.2 Å². The molecule has 1 rings (SSSR count). The van der Waals surface area contributed by atoms with E-state index < -0.39 is 47.9 Å². The quantitative estimate of drug-likeness (QED) is 0.197. The second-order valence-electron chi connectivity index (χ2n) is 8.90. The number of hydrogen-bond acceptors (Lipinski definition) is 6. The monoisotopic (exact) mass is 477 g/mol.